The van der Waals surface area contributed by atoms with Crippen LogP contribution in [0.3, 0.4) is 0 Å². The van der Waals surface area contributed by atoms with E-state index in [2.05, 4.69) is 4.52 Å². The van der Waals surface area contributed by atoms with Crippen molar-refractivity contribution in [1.29, 1.82) is 0 Å². The molecule has 1 aromatic rings. The quantitative estimate of drug-likeness (QED) is 0.383. The Labute approximate surface area is 113 Å². The fourth-order valence-corrected chi connectivity index (χ4v) is 0.990. The monoisotopic (exact) mass is 211 g/mol. The average Bonchev–Trinajstić information content (AvgIpc) is 1.85. The summed E-state index contributed by atoms with van der Waals surface area (Å²) in [4.78, 5) is 20.1. The Kier molecular flexibility index (Phi) is 5.89. The zero-order valence-electron chi connectivity index (χ0n) is 6.47. The van der Waals surface area contributed by atoms with Gasteiger partial charge >= 0.3 is 51.4 Å². The first-order chi connectivity index (χ1) is 5.08. The summed E-state index contributed by atoms with van der Waals surface area (Å²) in [6.07, 6.45) is 0. The van der Waals surface area contributed by atoms with Crippen LogP contribution in [0.4, 0.5) is 0 Å². The second-order valence-electron chi connectivity index (χ2n) is 1.85. The average molecular weight is 211 g/mol. The first kappa shape index (κ1) is 12.8. The summed E-state index contributed by atoms with van der Waals surface area (Å²) < 4.78 is 14.1. The molecule has 0 aromatic heterocycles. The van der Waals surface area contributed by atoms with E-state index in [4.69, 9.17) is 0 Å². The van der Waals surface area contributed by atoms with E-state index in [1.807, 2.05) is 0 Å². The summed E-state index contributed by atoms with van der Waals surface area (Å²) in [5.74, 6) is 0.0424. The van der Waals surface area contributed by atoms with E-state index in [1.54, 1.807) is 18.2 Å². The maximum Gasteiger partial charge on any atom is 1.00 e. The van der Waals surface area contributed by atoms with Gasteiger partial charge in [-0.05, 0) is 12.1 Å². The summed E-state index contributed by atoms with van der Waals surface area (Å²) in [6, 6.07) is 7.62. The van der Waals surface area contributed by atoms with Crippen molar-refractivity contribution >= 4 is 7.82 Å². The third-order valence-corrected chi connectivity index (χ3v) is 1.39. The largest absolute Gasteiger partial charge is 1.00 e. The van der Waals surface area contributed by atoms with Gasteiger partial charge < -0.3 is 18.9 Å². The number of benzene rings is 1. The maximum absolute atomic E-state index is 10.1. The summed E-state index contributed by atoms with van der Waals surface area (Å²) in [5.41, 5.74) is 0. The van der Waals surface area contributed by atoms with Gasteiger partial charge in [-0.1, -0.05) is 18.2 Å². The van der Waals surface area contributed by atoms with Crippen LogP contribution in [-0.4, -0.2) is 0 Å². The Morgan fingerprint density at radius 1 is 1.17 bits per heavy atom. The number of phosphoric ester groups is 1. The van der Waals surface area contributed by atoms with Crippen LogP contribution in [0.25, 0.3) is 0 Å². The molecule has 0 radical (unpaired) electrons. The van der Waals surface area contributed by atoms with Gasteiger partial charge in [0.2, 0.25) is 0 Å². The van der Waals surface area contributed by atoms with Crippen LogP contribution in [0.2, 0.25) is 0 Å². The van der Waals surface area contributed by atoms with Crippen LogP contribution < -0.4 is 65.7 Å². The molecule has 4 nitrogen and oxygen atoms in total. The molecule has 0 unspecified atom stereocenters. The molecule has 6 heteroatoms. The van der Waals surface area contributed by atoms with E-state index in [-0.39, 0.29) is 57.1 Å². The number of phosphoric acid groups is 1. The summed E-state index contributed by atoms with van der Waals surface area (Å²) in [7, 11) is -4.89. The van der Waals surface area contributed by atoms with Crippen LogP contribution in [0.5, 0.6) is 5.75 Å². The third-order valence-electron chi connectivity index (χ3n) is 0.960. The van der Waals surface area contributed by atoms with Crippen molar-refractivity contribution in [2.75, 3.05) is 0 Å². The molecule has 0 heterocycles. The van der Waals surface area contributed by atoms with Crippen LogP contribution in [0, 0.1) is 0 Å². The zero-order chi connectivity index (χ0) is 8.32. The Balaban J connectivity index is 0.00000121. The van der Waals surface area contributed by atoms with Gasteiger partial charge in [0, 0.05) is 0 Å². The molecule has 0 atom stereocenters. The number of hydrogen-bond donors (Lipinski definition) is 0. The van der Waals surface area contributed by atoms with Crippen molar-refractivity contribution in [1.82, 2.24) is 0 Å². The fraction of sp³-hybridized carbons (Fsp3) is 0. The molecule has 0 spiro atoms. The normalized spacial score (nSPS) is 10.2. The predicted octanol–water partition coefficient (Wildman–Crippen LogP) is -3.10. The summed E-state index contributed by atoms with van der Waals surface area (Å²) >= 11 is 0. The van der Waals surface area contributed by atoms with Crippen LogP contribution in [-0.2, 0) is 4.57 Å². The van der Waals surface area contributed by atoms with Gasteiger partial charge in [-0.2, -0.15) is 0 Å². The van der Waals surface area contributed by atoms with Gasteiger partial charge in [0.1, 0.15) is 13.6 Å². The van der Waals surface area contributed by atoms with Crippen LogP contribution in [0.15, 0.2) is 30.3 Å². The Morgan fingerprint density at radius 3 is 2.08 bits per heavy atom. The van der Waals surface area contributed by atoms with Gasteiger partial charge in [-0.25, -0.2) is 0 Å². The number of para-hydroxylation sites is 1. The minimum atomic E-state index is -4.89. The minimum Gasteiger partial charge on any atom is -0.780 e. The summed E-state index contributed by atoms with van der Waals surface area (Å²) in [5, 5.41) is 0. The third kappa shape index (κ3) is 5.45. The van der Waals surface area contributed by atoms with Gasteiger partial charge in [0.25, 0.3) is 0 Å². The Bertz CT molecular complexity index is 270. The molecule has 0 bridgehead atoms. The molecule has 1 rings (SSSR count). The molecule has 0 amide bonds. The Morgan fingerprint density at radius 2 is 1.67 bits per heavy atom. The molecule has 0 aliphatic rings. The molecule has 1 aromatic carbocycles. The fourth-order valence-electron chi connectivity index (χ4n) is 0.610. The molecule has 12 heavy (non-hydrogen) atoms. The molecule has 0 fully saturated rings. The molecular formula is C6H5KO4P-. The van der Waals surface area contributed by atoms with Gasteiger partial charge in [0.05, 0.1) is 0 Å². The zero-order valence-corrected chi connectivity index (χ0v) is 10.5. The molecule has 0 saturated heterocycles. The minimum absolute atomic E-state index is 0. The maximum atomic E-state index is 10.1. The molecule has 60 valence electrons. The van der Waals surface area contributed by atoms with Gasteiger partial charge in [-0.3, -0.25) is 0 Å². The first-order valence-electron chi connectivity index (χ1n) is 2.85. The van der Waals surface area contributed by atoms with Crippen LogP contribution in [0.1, 0.15) is 0 Å². The van der Waals surface area contributed by atoms with E-state index in [9.17, 15) is 14.4 Å². The van der Waals surface area contributed by atoms with Crippen LogP contribution >= 0.6 is 7.82 Å². The van der Waals surface area contributed by atoms with E-state index < -0.39 is 7.82 Å². The van der Waals surface area contributed by atoms with E-state index >= 15 is 0 Å². The van der Waals surface area contributed by atoms with Crippen molar-refractivity contribution in [3.63, 3.8) is 0 Å². The topological polar surface area (TPSA) is 72.4 Å². The molecule has 0 aliphatic heterocycles. The van der Waals surface area contributed by atoms with E-state index in [1.165, 1.54) is 12.1 Å². The molecule has 0 N–H and O–H groups in total. The van der Waals surface area contributed by atoms with Gasteiger partial charge in [-0.15, -0.1) is 0 Å². The van der Waals surface area contributed by atoms with E-state index in [0.29, 0.717) is 0 Å². The second kappa shape index (κ2) is 5.52. The summed E-state index contributed by atoms with van der Waals surface area (Å²) in [6.45, 7) is 0. The number of rotatable bonds is 2. The van der Waals surface area contributed by atoms with Crippen molar-refractivity contribution in [2.24, 2.45) is 0 Å². The molecule has 0 aliphatic carbocycles. The van der Waals surface area contributed by atoms with Crippen molar-refractivity contribution in [3.05, 3.63) is 30.3 Å². The Hall–Kier alpha value is 0.806. The smallest absolute Gasteiger partial charge is 0.780 e. The number of hydrogen-bond acceptors (Lipinski definition) is 4. The van der Waals surface area contributed by atoms with Crippen molar-refractivity contribution in [2.45, 2.75) is 0 Å². The van der Waals surface area contributed by atoms with E-state index in [0.717, 1.165) is 0 Å². The molecule has 0 saturated carbocycles. The first-order valence-corrected chi connectivity index (χ1v) is 4.31. The SMILES string of the molecule is O=P([O-])([O-])Oc1ccccc1.[K+]. The second-order valence-corrected chi connectivity index (χ2v) is 2.93. The molecular weight excluding hydrogens is 206 g/mol. The van der Waals surface area contributed by atoms with Gasteiger partial charge in [0.15, 0.2) is 0 Å². The standard InChI is InChI=1S/C6H7O4P.K/c7-11(8,9)10-6-4-2-1-3-5-6;/h1-5H,(H2,7,8,9);/q;+1/p-2. The predicted molar refractivity (Wildman–Crippen MR) is 34.7 cm³/mol. The van der Waals surface area contributed by atoms with Crippen molar-refractivity contribution in [3.8, 4) is 5.75 Å². The van der Waals surface area contributed by atoms with Crippen molar-refractivity contribution < 1.29 is 70.3 Å².